The molecule has 0 amide bonds. The fraction of sp³-hybridized carbons (Fsp3) is 0.588. The highest BCUT2D eigenvalue weighted by molar-refractivity contribution is 9.10. The number of ether oxygens (including phenoxy) is 1. The Labute approximate surface area is 156 Å². The van der Waals surface area contributed by atoms with Crippen LogP contribution in [0.4, 0.5) is 13.2 Å². The van der Waals surface area contributed by atoms with Crippen LogP contribution < -0.4 is 0 Å². The van der Waals surface area contributed by atoms with E-state index < -0.39 is 51.3 Å². The SMILES string of the molecule is CCOC(=O)C[C@](C[S@@](=O)C(C)(C)C)(c1cc(Br)ccc1F)C(F)F. The van der Waals surface area contributed by atoms with Gasteiger partial charge in [0.05, 0.1) is 18.4 Å². The van der Waals surface area contributed by atoms with Crippen LogP contribution in [0.5, 0.6) is 0 Å². The van der Waals surface area contributed by atoms with Gasteiger partial charge in [0.1, 0.15) is 5.82 Å². The molecule has 0 N–H and O–H groups in total. The Hall–Kier alpha value is -0.890. The maximum atomic E-state index is 14.4. The first-order valence-corrected chi connectivity index (χ1v) is 9.83. The molecule has 1 aromatic rings. The van der Waals surface area contributed by atoms with E-state index in [1.54, 1.807) is 27.7 Å². The summed E-state index contributed by atoms with van der Waals surface area (Å²) in [6.07, 6.45) is -3.86. The number of carbonyl (C=O) groups excluding carboxylic acids is 1. The lowest BCUT2D eigenvalue weighted by Gasteiger charge is -2.35. The molecule has 0 aliphatic rings. The zero-order valence-electron chi connectivity index (χ0n) is 14.6. The number of esters is 1. The van der Waals surface area contributed by atoms with Crippen molar-refractivity contribution in [3.05, 3.63) is 34.1 Å². The van der Waals surface area contributed by atoms with Crippen LogP contribution in [0.15, 0.2) is 22.7 Å². The molecule has 0 fully saturated rings. The van der Waals surface area contributed by atoms with E-state index in [2.05, 4.69) is 15.9 Å². The molecule has 142 valence electrons. The van der Waals surface area contributed by atoms with E-state index in [9.17, 15) is 22.2 Å². The largest absolute Gasteiger partial charge is 0.466 e. The monoisotopic (exact) mass is 442 g/mol. The summed E-state index contributed by atoms with van der Waals surface area (Å²) in [4.78, 5) is 12.0. The predicted molar refractivity (Wildman–Crippen MR) is 95.8 cm³/mol. The molecular formula is C17H22BrF3O3S. The Bertz CT molecular complexity index is 647. The standard InChI is InChI=1S/C17H22BrF3O3S/c1-5-24-14(22)9-17(15(20)21,10-25(23)16(2,3)4)12-8-11(18)6-7-13(12)19/h6-8,15H,5,9-10H2,1-4H3/t17-,25+/m0/s1. The van der Waals surface area contributed by atoms with Gasteiger partial charge in [-0.2, -0.15) is 0 Å². The molecule has 0 saturated heterocycles. The molecule has 1 rings (SSSR count). The summed E-state index contributed by atoms with van der Waals surface area (Å²) in [6, 6.07) is 3.63. The molecule has 0 unspecified atom stereocenters. The Morgan fingerprint density at radius 1 is 1.32 bits per heavy atom. The van der Waals surface area contributed by atoms with Gasteiger partial charge in [-0.05, 0) is 45.9 Å². The highest BCUT2D eigenvalue weighted by Gasteiger charge is 2.48. The summed E-state index contributed by atoms with van der Waals surface area (Å²) in [6.45, 7) is 6.49. The molecule has 0 aliphatic carbocycles. The number of carbonyl (C=O) groups is 1. The molecule has 25 heavy (non-hydrogen) atoms. The topological polar surface area (TPSA) is 43.4 Å². The first-order valence-electron chi connectivity index (χ1n) is 7.72. The smallest absolute Gasteiger partial charge is 0.306 e. The summed E-state index contributed by atoms with van der Waals surface area (Å²) in [5.41, 5.74) is -2.58. The van der Waals surface area contributed by atoms with E-state index in [0.717, 1.165) is 6.07 Å². The molecular weight excluding hydrogens is 421 g/mol. The molecule has 3 nitrogen and oxygen atoms in total. The maximum Gasteiger partial charge on any atom is 0.306 e. The first kappa shape index (κ1) is 22.2. The second-order valence-electron chi connectivity index (χ2n) is 6.67. The first-order chi connectivity index (χ1) is 11.4. The number of alkyl halides is 2. The van der Waals surface area contributed by atoms with E-state index in [0.29, 0.717) is 4.47 Å². The summed E-state index contributed by atoms with van der Waals surface area (Å²) >= 11 is 3.14. The Kier molecular flexibility index (Phi) is 7.68. The third-order valence-corrected chi connectivity index (χ3v) is 6.36. The van der Waals surface area contributed by atoms with Gasteiger partial charge in [-0.25, -0.2) is 13.2 Å². The fourth-order valence-corrected chi connectivity index (χ4v) is 3.93. The van der Waals surface area contributed by atoms with Crippen LogP contribution in [0.25, 0.3) is 0 Å². The molecule has 1 aromatic carbocycles. The van der Waals surface area contributed by atoms with Gasteiger partial charge in [-0.3, -0.25) is 9.00 Å². The zero-order chi connectivity index (χ0) is 19.4. The van der Waals surface area contributed by atoms with Crippen LogP contribution >= 0.6 is 15.9 Å². The van der Waals surface area contributed by atoms with Gasteiger partial charge in [-0.15, -0.1) is 0 Å². The molecule has 0 spiro atoms. The summed E-state index contributed by atoms with van der Waals surface area (Å²) in [7, 11) is -1.73. The predicted octanol–water partition coefficient (Wildman–Crippen LogP) is 4.59. The van der Waals surface area contributed by atoms with Crippen LogP contribution in [0.3, 0.4) is 0 Å². The van der Waals surface area contributed by atoms with Crippen LogP contribution in [0.1, 0.15) is 39.7 Å². The molecule has 0 aromatic heterocycles. The van der Waals surface area contributed by atoms with E-state index in [1.807, 2.05) is 0 Å². The number of rotatable bonds is 7. The highest BCUT2D eigenvalue weighted by Crippen LogP contribution is 2.40. The molecule has 8 heteroatoms. The lowest BCUT2D eigenvalue weighted by atomic mass is 9.79. The van der Waals surface area contributed by atoms with Gasteiger partial charge in [0.25, 0.3) is 0 Å². The molecule has 0 saturated carbocycles. The van der Waals surface area contributed by atoms with Crippen molar-refractivity contribution in [2.45, 2.75) is 50.7 Å². The van der Waals surface area contributed by atoms with Crippen molar-refractivity contribution < 1.29 is 26.9 Å². The Balaban J connectivity index is 3.52. The highest BCUT2D eigenvalue weighted by atomic mass is 79.9. The van der Waals surface area contributed by atoms with E-state index in [4.69, 9.17) is 4.74 Å². The minimum absolute atomic E-state index is 0.0154. The van der Waals surface area contributed by atoms with Gasteiger partial charge < -0.3 is 4.74 Å². The number of benzene rings is 1. The van der Waals surface area contributed by atoms with Crippen molar-refractivity contribution in [2.75, 3.05) is 12.4 Å². The molecule has 0 aliphatic heterocycles. The average molecular weight is 443 g/mol. The summed E-state index contributed by atoms with van der Waals surface area (Å²) in [5, 5.41) is 0. The van der Waals surface area contributed by atoms with Crippen LogP contribution in [0, 0.1) is 5.82 Å². The van der Waals surface area contributed by atoms with Crippen molar-refractivity contribution >= 4 is 32.7 Å². The molecule has 0 radical (unpaired) electrons. The minimum Gasteiger partial charge on any atom is -0.466 e. The van der Waals surface area contributed by atoms with Crippen molar-refractivity contribution in [1.29, 1.82) is 0 Å². The van der Waals surface area contributed by atoms with Crippen LogP contribution in [-0.2, 0) is 25.7 Å². The van der Waals surface area contributed by atoms with Crippen molar-refractivity contribution in [1.82, 2.24) is 0 Å². The molecule has 0 bridgehead atoms. The quantitative estimate of drug-likeness (QED) is 0.579. The van der Waals surface area contributed by atoms with Gasteiger partial charge >= 0.3 is 5.97 Å². The fourth-order valence-electron chi connectivity index (χ4n) is 2.28. The summed E-state index contributed by atoms with van der Waals surface area (Å²) in [5.74, 6) is -2.31. The van der Waals surface area contributed by atoms with E-state index >= 15 is 0 Å². The van der Waals surface area contributed by atoms with Gasteiger partial charge in [0, 0.05) is 31.3 Å². The molecule has 0 heterocycles. The second kappa shape index (κ2) is 8.66. The lowest BCUT2D eigenvalue weighted by Crippen LogP contribution is -2.46. The minimum atomic E-state index is -3.10. The normalized spacial score (nSPS) is 15.7. The summed E-state index contributed by atoms with van der Waals surface area (Å²) < 4.78 is 59.7. The molecule has 2 atom stereocenters. The number of hydrogen-bond donors (Lipinski definition) is 0. The Morgan fingerprint density at radius 2 is 1.92 bits per heavy atom. The van der Waals surface area contributed by atoms with Crippen LogP contribution in [-0.4, -0.2) is 33.7 Å². The van der Waals surface area contributed by atoms with Gasteiger partial charge in [-0.1, -0.05) is 15.9 Å². The lowest BCUT2D eigenvalue weighted by molar-refractivity contribution is -0.146. The third kappa shape index (κ3) is 5.54. The zero-order valence-corrected chi connectivity index (χ0v) is 17.0. The number of hydrogen-bond acceptors (Lipinski definition) is 3. The third-order valence-electron chi connectivity index (χ3n) is 3.72. The van der Waals surface area contributed by atoms with Gasteiger partial charge in [0.15, 0.2) is 0 Å². The second-order valence-corrected chi connectivity index (χ2v) is 9.79. The van der Waals surface area contributed by atoms with Crippen molar-refractivity contribution in [2.24, 2.45) is 0 Å². The van der Waals surface area contributed by atoms with Crippen molar-refractivity contribution in [3.8, 4) is 0 Å². The van der Waals surface area contributed by atoms with Gasteiger partial charge in [0.2, 0.25) is 6.43 Å². The maximum absolute atomic E-state index is 14.4. The number of halogens is 4. The van der Waals surface area contributed by atoms with Crippen LogP contribution in [0.2, 0.25) is 0 Å². The Morgan fingerprint density at radius 3 is 2.40 bits per heavy atom. The van der Waals surface area contributed by atoms with Crippen molar-refractivity contribution in [3.63, 3.8) is 0 Å². The van der Waals surface area contributed by atoms with E-state index in [1.165, 1.54) is 12.1 Å². The average Bonchev–Trinajstić information content (AvgIpc) is 2.47. The van der Waals surface area contributed by atoms with E-state index in [-0.39, 0.29) is 12.2 Å².